The number of para-hydroxylation sites is 2. The van der Waals surface area contributed by atoms with Crippen molar-refractivity contribution >= 4 is 90.5 Å². The number of ether oxygens (including phenoxy) is 1. The van der Waals surface area contributed by atoms with Gasteiger partial charge in [0.25, 0.3) is 6.33 Å². The summed E-state index contributed by atoms with van der Waals surface area (Å²) in [5.41, 5.74) is 1.61. The number of aromatic nitrogens is 4. The molecule has 0 fully saturated rings. The molecule has 12 aromatic carbocycles. The predicted octanol–water partition coefficient (Wildman–Crippen LogP) is 14.6. The Morgan fingerprint density at radius 2 is 0.968 bits per heavy atom. The van der Waals surface area contributed by atoms with Crippen LogP contribution in [0.2, 0.25) is 0 Å². The average molecular weight is 1460 g/mol. The topological polar surface area (TPSA) is 35.9 Å². The van der Waals surface area contributed by atoms with Crippen molar-refractivity contribution in [2.45, 2.75) is 52.4 Å². The minimum absolute atomic E-state index is 0. The first kappa shape index (κ1) is 35.9. The standard InChI is InChI=1S/C86H70N4OSi2.Pt/c1-85(2,3)63-31-27-30-62(56-63)75-47-29-49-82(93(71-40-19-10-20-41-71,72-42-21-11-22-43-72)73-44-23-12-24-45-73)84(75)89-61-88(81-60-74(51-53-79(81)89)92(68-34-13-7-14-35-68,69-36-15-8-16-37-69)70-38-17-9-18-39-70)65-32-28-33-66(58-65)91-67-50-52-77-76-46-25-26-48-78(76)90(80(77)59-67)83-57-64(54-55-87-83)86(4,5)6;/h7-57,60H,1-6H3;/q-2;/i7D,8D,9D,10D,11D,12D,13D,14D,15D,16D,17D,18D,19D,20D,21D,22D,23D,24D,34D,35D,36D,37D,38D,39D,40D,41D,42D,43D,44D,45D;. The SMILES string of the molecule is [2H]c1c([2H])c([2H])c([Si](c2ccc3c(c2)n(-c2[c-]c(Oc4[c-]c5c(cc4)c4ccccc4n5-c4cc(C(C)(C)C)ccn4)ccc2)[c-][n+]3-c2c(-c3cccc(C(C)(C)C)c3)cccc2[Si](c2c([2H])c([2H])c([2H])c([2H])c2[2H])(c2c([2H])c([2H])c([2H])c([2H])c2[2H])c2c([2H])c([2H])c([2H])c([2H])c2[2H])(c2c([2H])c([2H])c([2H])c([2H])c2[2H])c2c([2H])c([2H])c([2H])c([2H])c2[2H])c([2H])c1[2H].[Pt]. The maximum absolute atomic E-state index is 10.2. The van der Waals surface area contributed by atoms with Gasteiger partial charge in [-0.25, -0.2) is 4.98 Å². The summed E-state index contributed by atoms with van der Waals surface area (Å²) in [5.74, 6) is 0.645. The number of pyridine rings is 1. The molecule has 3 aromatic heterocycles. The molecule has 0 aliphatic heterocycles. The van der Waals surface area contributed by atoms with Crippen LogP contribution < -0.4 is 50.8 Å². The molecule has 94 heavy (non-hydrogen) atoms. The zero-order valence-electron chi connectivity index (χ0n) is 81.2. The Labute approximate surface area is 610 Å². The number of hydrogen-bond donors (Lipinski definition) is 0. The van der Waals surface area contributed by atoms with E-state index in [1.165, 1.54) is 45.5 Å². The van der Waals surface area contributed by atoms with Crippen molar-refractivity contribution in [2.24, 2.45) is 0 Å². The van der Waals surface area contributed by atoms with Gasteiger partial charge in [0.2, 0.25) is 0 Å². The fraction of sp³-hybridized carbons (Fsp3) is 0.0930. The summed E-state index contributed by atoms with van der Waals surface area (Å²) in [4.78, 5) is 4.84. The fourth-order valence-corrected chi connectivity index (χ4v) is 20.1. The van der Waals surface area contributed by atoms with Crippen LogP contribution in [-0.4, -0.2) is 30.3 Å². The van der Waals surface area contributed by atoms with Crippen LogP contribution in [0.1, 0.15) is 93.8 Å². The van der Waals surface area contributed by atoms with E-state index in [4.69, 9.17) is 17.9 Å². The van der Waals surface area contributed by atoms with Gasteiger partial charge in [-0.1, -0.05) is 307 Å². The summed E-state index contributed by atoms with van der Waals surface area (Å²) >= 11 is 0. The van der Waals surface area contributed by atoms with Gasteiger partial charge in [0.15, 0.2) is 16.1 Å². The number of nitrogens with zero attached hydrogens (tertiary/aromatic N) is 4. The van der Waals surface area contributed by atoms with Crippen molar-refractivity contribution in [3.8, 4) is 39.8 Å². The third-order valence-electron chi connectivity index (χ3n) is 16.7. The van der Waals surface area contributed by atoms with E-state index in [2.05, 4.69) is 39.2 Å². The van der Waals surface area contributed by atoms with E-state index in [1.807, 2.05) is 73.9 Å². The van der Waals surface area contributed by atoms with E-state index in [0.29, 0.717) is 16.9 Å². The van der Waals surface area contributed by atoms with Gasteiger partial charge in [-0.05, 0) is 104 Å². The van der Waals surface area contributed by atoms with Gasteiger partial charge in [0.1, 0.15) is 5.82 Å². The third-order valence-corrected chi connectivity index (χ3v) is 25.0. The molecule has 5 nitrogen and oxygen atoms in total. The van der Waals surface area contributed by atoms with Gasteiger partial charge in [-0.2, -0.15) is 18.2 Å². The summed E-state index contributed by atoms with van der Waals surface area (Å²) in [7, 11) is -12.3. The van der Waals surface area contributed by atoms with Crippen molar-refractivity contribution in [3.63, 3.8) is 0 Å². The molecule has 15 aromatic rings. The van der Waals surface area contributed by atoms with Crippen LogP contribution in [0.5, 0.6) is 11.5 Å². The van der Waals surface area contributed by atoms with E-state index in [-0.39, 0.29) is 71.5 Å². The minimum Gasteiger partial charge on any atom is -0.510 e. The van der Waals surface area contributed by atoms with E-state index in [1.54, 1.807) is 48.7 Å². The third kappa shape index (κ3) is 10.8. The molecule has 8 heteroatoms. The Kier molecular flexibility index (Phi) is 9.59. The Morgan fingerprint density at radius 1 is 0.447 bits per heavy atom. The van der Waals surface area contributed by atoms with Gasteiger partial charge >= 0.3 is 0 Å². The number of hydrogen-bond acceptors (Lipinski definition) is 2. The van der Waals surface area contributed by atoms with E-state index in [0.717, 1.165) is 21.9 Å². The Hall–Kier alpha value is -10.0. The van der Waals surface area contributed by atoms with Gasteiger partial charge in [-0.3, -0.25) is 4.57 Å². The second kappa shape index (κ2) is 25.1. The zero-order chi connectivity index (χ0) is 89.4. The number of rotatable bonds is 14. The molecule has 0 spiro atoms. The second-order valence-electron chi connectivity index (χ2n) is 24.1. The number of imidazole rings is 1. The Balaban J connectivity index is 0.0000125. The summed E-state index contributed by atoms with van der Waals surface area (Å²) < 4.78 is 301. The van der Waals surface area contributed by atoms with Crippen LogP contribution in [-0.2, 0) is 31.9 Å². The van der Waals surface area contributed by atoms with Crippen molar-refractivity contribution in [1.82, 2.24) is 14.1 Å². The monoisotopic (exact) mass is 1460 g/mol. The largest absolute Gasteiger partial charge is 0.510 e. The minimum atomic E-state index is -6.25. The van der Waals surface area contributed by atoms with Crippen molar-refractivity contribution in [1.29, 1.82) is 0 Å². The molecule has 0 radical (unpaired) electrons. The predicted molar refractivity (Wildman–Crippen MR) is 390 cm³/mol. The van der Waals surface area contributed by atoms with E-state index < -0.39 is 244 Å². The van der Waals surface area contributed by atoms with Crippen LogP contribution in [0.15, 0.2) is 315 Å². The van der Waals surface area contributed by atoms with Crippen molar-refractivity contribution < 1.29 is 71.5 Å². The van der Waals surface area contributed by atoms with Crippen molar-refractivity contribution in [3.05, 3.63) is 344 Å². The van der Waals surface area contributed by atoms with Crippen LogP contribution in [0, 0.1) is 18.5 Å². The summed E-state index contributed by atoms with van der Waals surface area (Å²) in [6.07, 6.45) is 5.16. The maximum Gasteiger partial charge on any atom is 0.268 e. The van der Waals surface area contributed by atoms with Crippen molar-refractivity contribution in [2.75, 3.05) is 0 Å². The quantitative estimate of drug-likeness (QED) is 0.0471. The maximum atomic E-state index is 10.2. The molecule has 3 heterocycles. The first-order valence-electron chi connectivity index (χ1n) is 44.6. The van der Waals surface area contributed by atoms with Gasteiger partial charge < -0.3 is 13.9 Å². The first-order valence-corrected chi connectivity index (χ1v) is 33.6. The normalized spacial score (nSPS) is 16.5. The smallest absolute Gasteiger partial charge is 0.268 e. The molecule has 0 unspecified atom stereocenters. The summed E-state index contributed by atoms with van der Waals surface area (Å²) in [6.45, 7) is 12.0. The number of benzene rings is 12. The molecule has 0 amide bonds. The molecular formula is C86H70N4OPtSi2-2. The molecule has 460 valence electrons. The van der Waals surface area contributed by atoms with E-state index in [9.17, 15) is 32.9 Å². The molecule has 15 rings (SSSR count). The van der Waals surface area contributed by atoms with Crippen LogP contribution in [0.25, 0.3) is 61.2 Å². The van der Waals surface area contributed by atoms with E-state index >= 15 is 0 Å². The Morgan fingerprint density at radius 3 is 1.54 bits per heavy atom. The Bertz CT molecular complexity index is 6610. The molecule has 0 bridgehead atoms. The molecule has 0 aliphatic carbocycles. The molecular weight excluding hydrogens is 1360 g/mol. The zero-order valence-corrected chi connectivity index (χ0v) is 55.5. The summed E-state index contributed by atoms with van der Waals surface area (Å²) in [5, 5.41) is -4.37. The molecule has 0 saturated heterocycles. The summed E-state index contributed by atoms with van der Waals surface area (Å²) in [6, 6.07) is 9.90. The van der Waals surface area contributed by atoms with Gasteiger partial charge in [-0.15, -0.1) is 29.7 Å². The number of fused-ring (bicyclic) bond motifs is 4. The second-order valence-corrected chi connectivity index (χ2v) is 31.2. The molecule has 0 saturated carbocycles. The molecule has 0 atom stereocenters. The molecule has 0 N–H and O–H groups in total. The van der Waals surface area contributed by atoms with Gasteiger partial charge in [0, 0.05) is 44.3 Å². The van der Waals surface area contributed by atoms with Crippen LogP contribution in [0.4, 0.5) is 0 Å². The average Bonchev–Trinajstić information content (AvgIpc) is 0.783. The van der Waals surface area contributed by atoms with Crippen LogP contribution in [0.3, 0.4) is 0 Å². The first-order chi connectivity index (χ1) is 57.8. The van der Waals surface area contributed by atoms with Crippen LogP contribution >= 0.6 is 0 Å². The molecule has 0 aliphatic rings. The van der Waals surface area contributed by atoms with Gasteiger partial charge in [0.05, 0.1) is 57.8 Å². The fourth-order valence-electron chi connectivity index (χ4n) is 12.3.